The number of para-hydroxylation sites is 1. The molecule has 3 N–H and O–H groups in total. The average Bonchev–Trinajstić information content (AvgIpc) is 2.39. The van der Waals surface area contributed by atoms with Gasteiger partial charge in [0.05, 0.1) is 16.2 Å². The van der Waals surface area contributed by atoms with Crippen molar-refractivity contribution in [3.05, 3.63) is 58.1 Å². The first kappa shape index (κ1) is 12.4. The molecule has 0 saturated heterocycles. The maximum atomic E-state index is 10.7. The molecule has 0 amide bonds. The maximum absolute atomic E-state index is 10.7. The molecule has 2 aromatic carbocycles. The summed E-state index contributed by atoms with van der Waals surface area (Å²) in [6.07, 6.45) is 0. The molecule has 94 valence electrons. The first-order chi connectivity index (χ1) is 9.11. The summed E-state index contributed by atoms with van der Waals surface area (Å²) in [6, 6.07) is 13.4. The van der Waals surface area contributed by atoms with Crippen molar-refractivity contribution in [3.8, 4) is 6.07 Å². The van der Waals surface area contributed by atoms with Crippen molar-refractivity contribution in [3.63, 3.8) is 0 Å². The van der Waals surface area contributed by atoms with Crippen LogP contribution in [0, 0.1) is 21.4 Å². The molecule has 0 radical (unpaired) electrons. The van der Waals surface area contributed by atoms with E-state index in [2.05, 4.69) is 11.4 Å². The van der Waals surface area contributed by atoms with Gasteiger partial charge in [-0.1, -0.05) is 12.1 Å². The molecule has 0 saturated carbocycles. The molecule has 0 bridgehead atoms. The number of anilines is 3. The van der Waals surface area contributed by atoms with E-state index in [1.54, 1.807) is 30.3 Å². The second-order valence-corrected chi connectivity index (χ2v) is 3.81. The van der Waals surface area contributed by atoms with Gasteiger partial charge in [-0.2, -0.15) is 5.26 Å². The van der Waals surface area contributed by atoms with Gasteiger partial charge >= 0.3 is 0 Å². The summed E-state index contributed by atoms with van der Waals surface area (Å²) in [6.45, 7) is 0. The van der Waals surface area contributed by atoms with Crippen LogP contribution in [0.4, 0.5) is 22.7 Å². The molecule has 19 heavy (non-hydrogen) atoms. The van der Waals surface area contributed by atoms with Gasteiger partial charge in [0.25, 0.3) is 5.69 Å². The zero-order valence-corrected chi connectivity index (χ0v) is 9.83. The van der Waals surface area contributed by atoms with Gasteiger partial charge in [0.2, 0.25) is 0 Å². The molecule has 0 heterocycles. The molecule has 0 atom stereocenters. The molecule has 0 unspecified atom stereocenters. The fourth-order valence-corrected chi connectivity index (χ4v) is 1.64. The Morgan fingerprint density at radius 3 is 2.63 bits per heavy atom. The zero-order valence-electron chi connectivity index (χ0n) is 9.83. The Morgan fingerprint density at radius 1 is 1.26 bits per heavy atom. The number of nitro benzene ring substituents is 1. The fourth-order valence-electron chi connectivity index (χ4n) is 1.64. The van der Waals surface area contributed by atoms with Crippen molar-refractivity contribution in [2.75, 3.05) is 11.1 Å². The number of nitrogens with zero attached hydrogens (tertiary/aromatic N) is 2. The number of nitrogens with two attached hydrogens (primary N) is 1. The highest BCUT2D eigenvalue weighted by Crippen LogP contribution is 2.27. The van der Waals surface area contributed by atoms with Crippen LogP contribution < -0.4 is 11.1 Å². The van der Waals surface area contributed by atoms with Gasteiger partial charge in [-0.05, 0) is 24.3 Å². The summed E-state index contributed by atoms with van der Waals surface area (Å²) in [7, 11) is 0. The first-order valence-corrected chi connectivity index (χ1v) is 5.42. The lowest BCUT2D eigenvalue weighted by atomic mass is 10.2. The zero-order chi connectivity index (χ0) is 13.8. The number of hydrogen-bond acceptors (Lipinski definition) is 5. The SMILES string of the molecule is N#Cc1ccccc1Nc1ccc([N+](=O)[O-])c(N)c1. The van der Waals surface area contributed by atoms with Crippen molar-refractivity contribution in [2.45, 2.75) is 0 Å². The molecule has 0 fully saturated rings. The number of nitro groups is 1. The third kappa shape index (κ3) is 2.61. The Kier molecular flexibility index (Phi) is 3.30. The van der Waals surface area contributed by atoms with Crippen LogP contribution in [0.25, 0.3) is 0 Å². The summed E-state index contributed by atoms with van der Waals surface area (Å²) in [5.41, 5.74) is 7.23. The predicted molar refractivity (Wildman–Crippen MR) is 71.9 cm³/mol. The van der Waals surface area contributed by atoms with Gasteiger partial charge in [-0.3, -0.25) is 10.1 Å². The van der Waals surface area contributed by atoms with Gasteiger partial charge in [0.15, 0.2) is 0 Å². The van der Waals surface area contributed by atoms with Gasteiger partial charge in [0, 0.05) is 11.8 Å². The normalized spacial score (nSPS) is 9.63. The largest absolute Gasteiger partial charge is 0.393 e. The van der Waals surface area contributed by atoms with Crippen LogP contribution in [-0.4, -0.2) is 4.92 Å². The van der Waals surface area contributed by atoms with Crippen molar-refractivity contribution in [1.82, 2.24) is 0 Å². The summed E-state index contributed by atoms with van der Waals surface area (Å²) in [5, 5.41) is 22.6. The Labute approximate surface area is 109 Å². The third-order valence-corrected chi connectivity index (χ3v) is 2.55. The summed E-state index contributed by atoms with van der Waals surface area (Å²) < 4.78 is 0. The predicted octanol–water partition coefficient (Wildman–Crippen LogP) is 2.79. The van der Waals surface area contributed by atoms with Crippen LogP contribution >= 0.6 is 0 Å². The maximum Gasteiger partial charge on any atom is 0.292 e. The molecule has 6 nitrogen and oxygen atoms in total. The van der Waals surface area contributed by atoms with E-state index < -0.39 is 4.92 Å². The second-order valence-electron chi connectivity index (χ2n) is 3.81. The Balaban J connectivity index is 2.32. The number of nitrogen functional groups attached to an aromatic ring is 1. The number of nitrogens with one attached hydrogen (secondary N) is 1. The molecule has 0 spiro atoms. The standard InChI is InChI=1S/C13H10N4O2/c14-8-9-3-1-2-4-12(9)16-10-5-6-13(17(18)19)11(15)7-10/h1-7,16H,15H2. The quantitative estimate of drug-likeness (QED) is 0.497. The van der Waals surface area contributed by atoms with E-state index in [1.807, 2.05) is 0 Å². The number of rotatable bonds is 3. The van der Waals surface area contributed by atoms with E-state index in [4.69, 9.17) is 11.0 Å². The molecule has 2 rings (SSSR count). The van der Waals surface area contributed by atoms with Crippen LogP contribution in [0.2, 0.25) is 0 Å². The van der Waals surface area contributed by atoms with E-state index >= 15 is 0 Å². The number of hydrogen-bond donors (Lipinski definition) is 2. The minimum absolute atomic E-state index is 0.0736. The van der Waals surface area contributed by atoms with Crippen LogP contribution in [0.15, 0.2) is 42.5 Å². The Bertz CT molecular complexity index is 677. The monoisotopic (exact) mass is 254 g/mol. The average molecular weight is 254 g/mol. The van der Waals surface area contributed by atoms with Crippen molar-refractivity contribution >= 4 is 22.7 Å². The topological polar surface area (TPSA) is 105 Å². The minimum atomic E-state index is -0.539. The van der Waals surface area contributed by atoms with E-state index in [0.29, 0.717) is 16.9 Å². The smallest absolute Gasteiger partial charge is 0.292 e. The molecule has 0 aliphatic heterocycles. The highest BCUT2D eigenvalue weighted by Gasteiger charge is 2.11. The molecule has 0 aromatic heterocycles. The van der Waals surface area contributed by atoms with E-state index in [1.165, 1.54) is 12.1 Å². The van der Waals surface area contributed by atoms with E-state index in [0.717, 1.165) is 0 Å². The second kappa shape index (κ2) is 5.06. The van der Waals surface area contributed by atoms with Crippen LogP contribution in [0.1, 0.15) is 5.56 Å². The van der Waals surface area contributed by atoms with E-state index in [9.17, 15) is 10.1 Å². The third-order valence-electron chi connectivity index (χ3n) is 2.55. The first-order valence-electron chi connectivity index (χ1n) is 5.42. The van der Waals surface area contributed by atoms with Gasteiger partial charge in [-0.15, -0.1) is 0 Å². The molecular formula is C13H10N4O2. The van der Waals surface area contributed by atoms with Crippen molar-refractivity contribution < 1.29 is 4.92 Å². The van der Waals surface area contributed by atoms with Gasteiger partial charge in [-0.25, -0.2) is 0 Å². The highest BCUT2D eigenvalue weighted by atomic mass is 16.6. The number of nitriles is 1. The molecule has 6 heteroatoms. The summed E-state index contributed by atoms with van der Waals surface area (Å²) in [4.78, 5) is 10.1. The number of benzene rings is 2. The van der Waals surface area contributed by atoms with Crippen LogP contribution in [0.3, 0.4) is 0 Å². The van der Waals surface area contributed by atoms with Crippen LogP contribution in [0.5, 0.6) is 0 Å². The minimum Gasteiger partial charge on any atom is -0.393 e. The lowest BCUT2D eigenvalue weighted by molar-refractivity contribution is -0.383. The Morgan fingerprint density at radius 2 is 2.00 bits per heavy atom. The Hall–Kier alpha value is -3.07. The van der Waals surface area contributed by atoms with Gasteiger partial charge in [0.1, 0.15) is 11.8 Å². The molecule has 0 aliphatic carbocycles. The van der Waals surface area contributed by atoms with Crippen molar-refractivity contribution in [1.29, 1.82) is 5.26 Å². The summed E-state index contributed by atoms with van der Waals surface area (Å²) >= 11 is 0. The molecule has 2 aromatic rings. The van der Waals surface area contributed by atoms with Crippen LogP contribution in [-0.2, 0) is 0 Å². The highest BCUT2D eigenvalue weighted by molar-refractivity contribution is 5.72. The summed E-state index contributed by atoms with van der Waals surface area (Å²) in [5.74, 6) is 0. The lowest BCUT2D eigenvalue weighted by Crippen LogP contribution is -1.98. The molecule has 0 aliphatic rings. The van der Waals surface area contributed by atoms with Crippen molar-refractivity contribution in [2.24, 2.45) is 0 Å². The van der Waals surface area contributed by atoms with E-state index in [-0.39, 0.29) is 11.4 Å². The molecular weight excluding hydrogens is 244 g/mol. The van der Waals surface area contributed by atoms with Gasteiger partial charge < -0.3 is 11.1 Å². The fraction of sp³-hybridized carbons (Fsp3) is 0. The lowest BCUT2D eigenvalue weighted by Gasteiger charge is -2.08.